The van der Waals surface area contributed by atoms with Gasteiger partial charge in [0.2, 0.25) is 0 Å². The van der Waals surface area contributed by atoms with Crippen LogP contribution in [0.3, 0.4) is 0 Å². The van der Waals surface area contributed by atoms with Gasteiger partial charge in [-0.2, -0.15) is 0 Å². The predicted octanol–water partition coefficient (Wildman–Crippen LogP) is 2.34. The predicted molar refractivity (Wildman–Crippen MR) is 78.8 cm³/mol. The fourth-order valence-electron chi connectivity index (χ4n) is 2.27. The molecule has 0 unspecified atom stereocenters. The molecule has 1 aromatic rings. The molecule has 21 heavy (non-hydrogen) atoms. The molecule has 2 amide bonds. The van der Waals surface area contributed by atoms with Gasteiger partial charge in [-0.25, -0.2) is 4.79 Å². The van der Waals surface area contributed by atoms with E-state index in [1.165, 1.54) is 4.90 Å². The number of carbonyl (C=O) groups is 2. The van der Waals surface area contributed by atoms with Crippen LogP contribution in [0, 0.1) is 0 Å². The monoisotopic (exact) mass is 292 g/mol. The third kappa shape index (κ3) is 3.87. The van der Waals surface area contributed by atoms with Gasteiger partial charge in [0.25, 0.3) is 0 Å². The highest BCUT2D eigenvalue weighted by Crippen LogP contribution is 2.36. The number of fused-ring (bicyclic) bond motifs is 1. The first-order chi connectivity index (χ1) is 9.77. The average molecular weight is 292 g/mol. The fourth-order valence-corrected chi connectivity index (χ4v) is 2.27. The van der Waals surface area contributed by atoms with E-state index in [1.54, 1.807) is 13.1 Å². The smallest absolute Gasteiger partial charge is 0.321 e. The Hall–Kier alpha value is -2.24. The minimum atomic E-state index is -0.924. The van der Waals surface area contributed by atoms with Crippen molar-refractivity contribution in [1.29, 1.82) is 0 Å². The molecule has 1 aliphatic heterocycles. The Morgan fingerprint density at radius 2 is 2.14 bits per heavy atom. The molecular weight excluding hydrogens is 272 g/mol. The van der Waals surface area contributed by atoms with E-state index in [9.17, 15) is 9.59 Å². The second-order valence-corrected chi connectivity index (χ2v) is 5.86. The maximum atomic E-state index is 11.9. The number of carboxylic acid groups (broad SMARTS) is 1. The first-order valence-corrected chi connectivity index (χ1v) is 6.83. The van der Waals surface area contributed by atoms with Crippen LogP contribution in [0.1, 0.15) is 25.8 Å². The standard InChI is InChI=1S/C15H20N2O4/c1-15(2)9-10-8-11(4-5-12(10)21-15)16-14(20)17(3)7-6-13(18)19/h4-5,8H,6-7,9H2,1-3H3,(H,16,20)(H,18,19). The minimum Gasteiger partial charge on any atom is -0.487 e. The Bertz CT molecular complexity index is 569. The van der Waals surface area contributed by atoms with Gasteiger partial charge in [-0.05, 0) is 32.0 Å². The van der Waals surface area contributed by atoms with Crippen LogP contribution in [0.4, 0.5) is 10.5 Å². The Kier molecular flexibility index (Phi) is 4.06. The van der Waals surface area contributed by atoms with Gasteiger partial charge in [-0.15, -0.1) is 0 Å². The van der Waals surface area contributed by atoms with Crippen molar-refractivity contribution in [3.05, 3.63) is 23.8 Å². The highest BCUT2D eigenvalue weighted by atomic mass is 16.5. The summed E-state index contributed by atoms with van der Waals surface area (Å²) in [5.74, 6) is -0.0798. The molecule has 0 atom stereocenters. The van der Waals surface area contributed by atoms with Crippen molar-refractivity contribution in [3.8, 4) is 5.75 Å². The number of carbonyl (C=O) groups excluding carboxylic acids is 1. The number of nitrogens with one attached hydrogen (secondary N) is 1. The van der Waals surface area contributed by atoms with Crippen LogP contribution in [-0.4, -0.2) is 41.2 Å². The molecule has 6 heteroatoms. The van der Waals surface area contributed by atoms with Gasteiger partial charge < -0.3 is 20.1 Å². The summed E-state index contributed by atoms with van der Waals surface area (Å²) < 4.78 is 5.78. The normalized spacial score (nSPS) is 15.0. The molecule has 1 heterocycles. The van der Waals surface area contributed by atoms with E-state index >= 15 is 0 Å². The molecule has 0 radical (unpaired) electrons. The molecule has 0 fully saturated rings. The number of hydrogen-bond acceptors (Lipinski definition) is 3. The maximum Gasteiger partial charge on any atom is 0.321 e. The van der Waals surface area contributed by atoms with Gasteiger partial charge >= 0.3 is 12.0 Å². The van der Waals surface area contributed by atoms with Gasteiger partial charge in [-0.1, -0.05) is 0 Å². The number of amides is 2. The number of ether oxygens (including phenoxy) is 1. The second-order valence-electron chi connectivity index (χ2n) is 5.86. The maximum absolute atomic E-state index is 11.9. The molecule has 0 aliphatic carbocycles. The zero-order chi connectivity index (χ0) is 15.6. The molecule has 0 bridgehead atoms. The van der Waals surface area contributed by atoms with Crippen molar-refractivity contribution in [2.24, 2.45) is 0 Å². The highest BCUT2D eigenvalue weighted by molar-refractivity contribution is 5.89. The number of urea groups is 1. The van der Waals surface area contributed by atoms with Crippen LogP contribution in [0.5, 0.6) is 5.75 Å². The number of anilines is 1. The van der Waals surface area contributed by atoms with Crippen LogP contribution in [0.2, 0.25) is 0 Å². The lowest BCUT2D eigenvalue weighted by Gasteiger charge is -2.17. The van der Waals surface area contributed by atoms with E-state index in [1.807, 2.05) is 26.0 Å². The number of hydrogen-bond donors (Lipinski definition) is 2. The fraction of sp³-hybridized carbons (Fsp3) is 0.467. The van der Waals surface area contributed by atoms with Crippen molar-refractivity contribution >= 4 is 17.7 Å². The van der Waals surface area contributed by atoms with Crippen LogP contribution in [0.15, 0.2) is 18.2 Å². The molecule has 2 rings (SSSR count). The molecule has 1 aliphatic rings. The van der Waals surface area contributed by atoms with E-state index in [4.69, 9.17) is 9.84 Å². The van der Waals surface area contributed by atoms with Crippen LogP contribution in [-0.2, 0) is 11.2 Å². The summed E-state index contributed by atoms with van der Waals surface area (Å²) in [7, 11) is 1.57. The van der Waals surface area contributed by atoms with Gasteiger partial charge in [0.15, 0.2) is 0 Å². The molecule has 0 spiro atoms. The lowest BCUT2D eigenvalue weighted by Crippen LogP contribution is -2.33. The third-order valence-electron chi connectivity index (χ3n) is 3.32. The minimum absolute atomic E-state index is 0.0733. The van der Waals surface area contributed by atoms with Crippen LogP contribution < -0.4 is 10.1 Å². The molecule has 0 aromatic heterocycles. The van der Waals surface area contributed by atoms with Crippen LogP contribution in [0.25, 0.3) is 0 Å². The number of benzene rings is 1. The number of rotatable bonds is 4. The summed E-state index contributed by atoms with van der Waals surface area (Å²) in [5.41, 5.74) is 1.52. The second kappa shape index (κ2) is 5.63. The van der Waals surface area contributed by atoms with E-state index in [0.717, 1.165) is 17.7 Å². The molecular formula is C15H20N2O4. The van der Waals surface area contributed by atoms with E-state index < -0.39 is 5.97 Å². The SMILES string of the molecule is CN(CCC(=O)O)C(=O)Nc1ccc2c(c1)CC(C)(C)O2. The molecule has 6 nitrogen and oxygen atoms in total. The first-order valence-electron chi connectivity index (χ1n) is 6.83. The van der Waals surface area contributed by atoms with E-state index in [0.29, 0.717) is 5.69 Å². The molecule has 2 N–H and O–H groups in total. The van der Waals surface area contributed by atoms with E-state index in [-0.39, 0.29) is 24.6 Å². The zero-order valence-electron chi connectivity index (χ0n) is 12.5. The molecule has 0 saturated heterocycles. The number of aliphatic carboxylic acids is 1. The Balaban J connectivity index is 1.98. The third-order valence-corrected chi connectivity index (χ3v) is 3.32. The lowest BCUT2D eigenvalue weighted by molar-refractivity contribution is -0.137. The highest BCUT2D eigenvalue weighted by Gasteiger charge is 2.30. The zero-order valence-corrected chi connectivity index (χ0v) is 12.5. The summed E-state index contributed by atoms with van der Waals surface area (Å²) in [4.78, 5) is 23.8. The van der Waals surface area contributed by atoms with Gasteiger partial charge in [0.1, 0.15) is 11.4 Å². The van der Waals surface area contributed by atoms with Gasteiger partial charge in [0, 0.05) is 31.3 Å². The van der Waals surface area contributed by atoms with Gasteiger partial charge in [-0.3, -0.25) is 4.79 Å². The Labute approximate surface area is 123 Å². The molecule has 114 valence electrons. The summed E-state index contributed by atoms with van der Waals surface area (Å²) in [5, 5.41) is 11.4. The summed E-state index contributed by atoms with van der Waals surface area (Å²) in [6.07, 6.45) is 0.719. The quantitative estimate of drug-likeness (QED) is 0.892. The van der Waals surface area contributed by atoms with Gasteiger partial charge in [0.05, 0.1) is 6.42 Å². The van der Waals surface area contributed by atoms with Crippen molar-refractivity contribution in [1.82, 2.24) is 4.90 Å². The van der Waals surface area contributed by atoms with Crippen molar-refractivity contribution in [2.75, 3.05) is 18.9 Å². The lowest BCUT2D eigenvalue weighted by atomic mass is 10.0. The topological polar surface area (TPSA) is 78.9 Å². The van der Waals surface area contributed by atoms with Crippen molar-refractivity contribution in [2.45, 2.75) is 32.3 Å². The largest absolute Gasteiger partial charge is 0.487 e. The molecule has 1 aromatic carbocycles. The summed E-state index contributed by atoms with van der Waals surface area (Å²) >= 11 is 0. The Morgan fingerprint density at radius 3 is 2.81 bits per heavy atom. The van der Waals surface area contributed by atoms with Crippen molar-refractivity contribution < 1.29 is 19.4 Å². The Morgan fingerprint density at radius 1 is 1.43 bits per heavy atom. The van der Waals surface area contributed by atoms with E-state index in [2.05, 4.69) is 5.32 Å². The first kappa shape index (κ1) is 15.2. The average Bonchev–Trinajstić information content (AvgIpc) is 2.68. The summed E-state index contributed by atoms with van der Waals surface area (Å²) in [6, 6.07) is 5.20. The van der Waals surface area contributed by atoms with Crippen LogP contribution >= 0.6 is 0 Å². The molecule has 0 saturated carbocycles. The number of nitrogens with zero attached hydrogens (tertiary/aromatic N) is 1. The summed E-state index contributed by atoms with van der Waals surface area (Å²) in [6.45, 7) is 4.21. The number of carboxylic acids is 1. The van der Waals surface area contributed by atoms with Crippen molar-refractivity contribution in [3.63, 3.8) is 0 Å².